The number of benzene rings is 4. The summed E-state index contributed by atoms with van der Waals surface area (Å²) in [6.45, 7) is -0.206. The number of ether oxygens (including phenoxy) is 2. The molecule has 0 saturated carbocycles. The maximum atomic E-state index is 12.5. The first-order valence-corrected chi connectivity index (χ1v) is 11.4. The molecule has 4 aromatic carbocycles. The van der Waals surface area contributed by atoms with Gasteiger partial charge in [-0.3, -0.25) is 4.79 Å². The molecular formula is C26H18BrClN2O4. The third kappa shape index (κ3) is 6.01. The number of hydrogen-bond donors (Lipinski definition) is 1. The molecule has 0 aliphatic heterocycles. The van der Waals surface area contributed by atoms with Crippen LogP contribution in [0.1, 0.15) is 15.9 Å². The third-order valence-electron chi connectivity index (χ3n) is 4.75. The van der Waals surface area contributed by atoms with E-state index in [1.54, 1.807) is 48.5 Å². The summed E-state index contributed by atoms with van der Waals surface area (Å²) in [5.74, 6) is -0.193. The molecule has 0 saturated heterocycles. The number of halogens is 2. The summed E-state index contributed by atoms with van der Waals surface area (Å²) in [5.41, 5.74) is 3.13. The number of carbonyl (C=O) groups is 2. The smallest absolute Gasteiger partial charge is 0.345 e. The van der Waals surface area contributed by atoms with E-state index in [9.17, 15) is 9.59 Å². The highest BCUT2D eigenvalue weighted by atomic mass is 79.9. The minimum atomic E-state index is -0.601. The van der Waals surface area contributed by atoms with Gasteiger partial charge < -0.3 is 9.47 Å². The van der Waals surface area contributed by atoms with E-state index in [1.165, 1.54) is 6.21 Å². The van der Waals surface area contributed by atoms with Crippen molar-refractivity contribution in [2.45, 2.75) is 0 Å². The van der Waals surface area contributed by atoms with Crippen molar-refractivity contribution >= 4 is 56.4 Å². The molecule has 0 radical (unpaired) electrons. The zero-order valence-corrected chi connectivity index (χ0v) is 20.0. The van der Waals surface area contributed by atoms with Crippen LogP contribution in [-0.4, -0.2) is 24.7 Å². The summed E-state index contributed by atoms with van der Waals surface area (Å²) in [4.78, 5) is 24.7. The Morgan fingerprint density at radius 1 is 0.941 bits per heavy atom. The lowest BCUT2D eigenvalue weighted by atomic mass is 10.1. The Labute approximate surface area is 209 Å². The molecule has 0 aliphatic rings. The monoisotopic (exact) mass is 536 g/mol. The van der Waals surface area contributed by atoms with Crippen molar-refractivity contribution < 1.29 is 19.1 Å². The maximum Gasteiger partial charge on any atom is 0.345 e. The molecule has 0 spiro atoms. The number of hydrazone groups is 1. The zero-order chi connectivity index (χ0) is 23.9. The van der Waals surface area contributed by atoms with Crippen LogP contribution in [0.25, 0.3) is 10.8 Å². The lowest BCUT2D eigenvalue weighted by Gasteiger charge is -2.09. The summed E-state index contributed by atoms with van der Waals surface area (Å²) in [5, 5.41) is 6.36. The molecule has 0 atom stereocenters. The standard InChI is InChI=1S/C26H18BrClN2O4/c27-20-10-12-24(34-26(32)22-7-3-4-8-23(22)28)19(13-20)15-29-30-25(31)16-33-21-11-9-17-5-1-2-6-18(17)14-21/h1-15H,16H2,(H,30,31)/b29-15-. The predicted molar refractivity (Wildman–Crippen MR) is 136 cm³/mol. The Morgan fingerprint density at radius 3 is 2.53 bits per heavy atom. The van der Waals surface area contributed by atoms with Gasteiger partial charge in [-0.2, -0.15) is 5.10 Å². The van der Waals surface area contributed by atoms with Gasteiger partial charge in [0.15, 0.2) is 6.61 Å². The third-order valence-corrected chi connectivity index (χ3v) is 5.57. The first-order valence-electron chi connectivity index (χ1n) is 10.2. The fourth-order valence-electron chi connectivity index (χ4n) is 3.11. The largest absolute Gasteiger partial charge is 0.484 e. The summed E-state index contributed by atoms with van der Waals surface area (Å²) >= 11 is 9.45. The first-order chi connectivity index (χ1) is 16.5. The fraction of sp³-hybridized carbons (Fsp3) is 0.0385. The van der Waals surface area contributed by atoms with E-state index in [0.717, 1.165) is 15.2 Å². The van der Waals surface area contributed by atoms with Gasteiger partial charge in [-0.15, -0.1) is 0 Å². The molecular weight excluding hydrogens is 520 g/mol. The highest BCUT2D eigenvalue weighted by molar-refractivity contribution is 9.10. The van der Waals surface area contributed by atoms with Gasteiger partial charge in [0.2, 0.25) is 0 Å². The highest BCUT2D eigenvalue weighted by Crippen LogP contribution is 2.24. The predicted octanol–water partition coefficient (Wildman–Crippen LogP) is 6.00. The molecule has 0 heterocycles. The summed E-state index contributed by atoms with van der Waals surface area (Å²) in [7, 11) is 0. The normalized spacial score (nSPS) is 10.9. The Bertz CT molecular complexity index is 1390. The second-order valence-electron chi connectivity index (χ2n) is 7.14. The van der Waals surface area contributed by atoms with Gasteiger partial charge in [0.25, 0.3) is 5.91 Å². The van der Waals surface area contributed by atoms with Crippen molar-refractivity contribution in [2.24, 2.45) is 5.10 Å². The minimum Gasteiger partial charge on any atom is -0.484 e. The molecule has 0 fully saturated rings. The molecule has 0 aliphatic carbocycles. The highest BCUT2D eigenvalue weighted by Gasteiger charge is 2.14. The molecule has 1 N–H and O–H groups in total. The molecule has 0 aromatic heterocycles. The van der Waals surface area contributed by atoms with Crippen molar-refractivity contribution in [3.63, 3.8) is 0 Å². The summed E-state index contributed by atoms with van der Waals surface area (Å²) in [6.07, 6.45) is 1.38. The van der Waals surface area contributed by atoms with Crippen LogP contribution in [0, 0.1) is 0 Å². The van der Waals surface area contributed by atoms with Gasteiger partial charge in [0.05, 0.1) is 16.8 Å². The van der Waals surface area contributed by atoms with Crippen LogP contribution in [0.5, 0.6) is 11.5 Å². The van der Waals surface area contributed by atoms with Gasteiger partial charge in [-0.1, -0.05) is 70.0 Å². The lowest BCUT2D eigenvalue weighted by molar-refractivity contribution is -0.123. The number of hydrogen-bond acceptors (Lipinski definition) is 5. The number of fused-ring (bicyclic) bond motifs is 1. The number of nitrogens with one attached hydrogen (secondary N) is 1. The molecule has 8 heteroatoms. The van der Waals surface area contributed by atoms with E-state index in [0.29, 0.717) is 16.3 Å². The van der Waals surface area contributed by atoms with Crippen LogP contribution in [-0.2, 0) is 4.79 Å². The molecule has 170 valence electrons. The van der Waals surface area contributed by atoms with Crippen LogP contribution < -0.4 is 14.9 Å². The van der Waals surface area contributed by atoms with Crippen LogP contribution in [0.15, 0.2) is 94.5 Å². The SMILES string of the molecule is O=C(COc1ccc2ccccc2c1)N/N=C\c1cc(Br)ccc1OC(=O)c1ccccc1Cl. The first kappa shape index (κ1) is 23.5. The Balaban J connectivity index is 1.38. The molecule has 0 bridgehead atoms. The van der Waals surface area contributed by atoms with Crippen LogP contribution in [0.4, 0.5) is 0 Å². The fourth-order valence-corrected chi connectivity index (χ4v) is 3.70. The second-order valence-corrected chi connectivity index (χ2v) is 8.47. The Kier molecular flexibility index (Phi) is 7.57. The Hall–Kier alpha value is -3.68. The average Bonchev–Trinajstić information content (AvgIpc) is 2.84. The second kappa shape index (κ2) is 11.0. The minimum absolute atomic E-state index is 0.206. The molecule has 6 nitrogen and oxygen atoms in total. The van der Waals surface area contributed by atoms with E-state index in [2.05, 4.69) is 26.5 Å². The Morgan fingerprint density at radius 2 is 1.71 bits per heavy atom. The van der Waals surface area contributed by atoms with Crippen molar-refractivity contribution in [1.82, 2.24) is 5.43 Å². The van der Waals surface area contributed by atoms with Crippen molar-refractivity contribution in [1.29, 1.82) is 0 Å². The number of carbonyl (C=O) groups excluding carboxylic acids is 2. The quantitative estimate of drug-likeness (QED) is 0.136. The molecule has 4 rings (SSSR count). The number of rotatable bonds is 7. The molecule has 4 aromatic rings. The van der Waals surface area contributed by atoms with E-state index in [1.807, 2.05) is 36.4 Å². The van der Waals surface area contributed by atoms with Crippen molar-refractivity contribution in [2.75, 3.05) is 6.61 Å². The van der Waals surface area contributed by atoms with E-state index < -0.39 is 11.9 Å². The van der Waals surface area contributed by atoms with Crippen LogP contribution >= 0.6 is 27.5 Å². The summed E-state index contributed by atoms with van der Waals surface area (Å²) < 4.78 is 11.8. The van der Waals surface area contributed by atoms with Gasteiger partial charge in [0.1, 0.15) is 11.5 Å². The number of nitrogens with zero attached hydrogens (tertiary/aromatic N) is 1. The molecule has 1 amide bonds. The van der Waals surface area contributed by atoms with E-state index in [-0.39, 0.29) is 17.9 Å². The topological polar surface area (TPSA) is 77.0 Å². The summed E-state index contributed by atoms with van der Waals surface area (Å²) in [6, 6.07) is 25.1. The molecule has 0 unspecified atom stereocenters. The van der Waals surface area contributed by atoms with Gasteiger partial charge in [-0.05, 0) is 53.2 Å². The van der Waals surface area contributed by atoms with Crippen LogP contribution in [0.2, 0.25) is 5.02 Å². The van der Waals surface area contributed by atoms with Gasteiger partial charge in [-0.25, -0.2) is 10.2 Å². The zero-order valence-electron chi connectivity index (χ0n) is 17.7. The van der Waals surface area contributed by atoms with Gasteiger partial charge >= 0.3 is 5.97 Å². The lowest BCUT2D eigenvalue weighted by Crippen LogP contribution is -2.24. The van der Waals surface area contributed by atoms with E-state index >= 15 is 0 Å². The van der Waals surface area contributed by atoms with Gasteiger partial charge in [0, 0.05) is 10.0 Å². The maximum absolute atomic E-state index is 12.5. The van der Waals surface area contributed by atoms with Crippen molar-refractivity contribution in [3.8, 4) is 11.5 Å². The molecule has 34 heavy (non-hydrogen) atoms. The van der Waals surface area contributed by atoms with E-state index in [4.69, 9.17) is 21.1 Å². The number of esters is 1. The van der Waals surface area contributed by atoms with Crippen molar-refractivity contribution in [3.05, 3.63) is 106 Å². The van der Waals surface area contributed by atoms with Crippen LogP contribution in [0.3, 0.4) is 0 Å². The number of amides is 1. The average molecular weight is 538 g/mol.